The minimum Gasteiger partial charge on any atom is -0.340 e. The van der Waals surface area contributed by atoms with Gasteiger partial charge in [0, 0.05) is 13.0 Å². The topological polar surface area (TPSA) is 88.3 Å². The van der Waals surface area contributed by atoms with Gasteiger partial charge in [-0.2, -0.15) is 4.98 Å². The Morgan fingerprint density at radius 1 is 1.53 bits per heavy atom. The first-order valence-electron chi connectivity index (χ1n) is 6.45. The minimum absolute atomic E-state index is 0.00545. The Morgan fingerprint density at radius 3 is 2.95 bits per heavy atom. The van der Waals surface area contributed by atoms with Crippen LogP contribution in [0.5, 0.6) is 0 Å². The molecule has 102 valence electrons. The Kier molecular flexibility index (Phi) is 2.76. The van der Waals surface area contributed by atoms with E-state index in [2.05, 4.69) is 15.5 Å². The van der Waals surface area contributed by atoms with Crippen molar-refractivity contribution in [1.82, 2.24) is 20.4 Å². The maximum Gasteiger partial charge on any atom is 0.248 e. The van der Waals surface area contributed by atoms with Gasteiger partial charge in [0.1, 0.15) is 5.54 Å². The summed E-state index contributed by atoms with van der Waals surface area (Å²) in [5.41, 5.74) is -0.732. The second kappa shape index (κ2) is 4.32. The summed E-state index contributed by atoms with van der Waals surface area (Å²) in [5, 5.41) is 6.36. The molecule has 3 rings (SSSR count). The van der Waals surface area contributed by atoms with Gasteiger partial charge in [0.25, 0.3) is 0 Å². The van der Waals surface area contributed by atoms with Crippen molar-refractivity contribution in [3.05, 3.63) is 12.2 Å². The highest BCUT2D eigenvalue weighted by Crippen LogP contribution is 2.41. The van der Waals surface area contributed by atoms with Gasteiger partial charge in [-0.1, -0.05) is 5.16 Å². The molecule has 1 atom stereocenters. The number of piperazine rings is 1. The molecule has 2 heterocycles. The van der Waals surface area contributed by atoms with Crippen molar-refractivity contribution < 1.29 is 14.1 Å². The van der Waals surface area contributed by atoms with Crippen LogP contribution in [0, 0.1) is 5.92 Å². The number of amides is 2. The highest BCUT2D eigenvalue weighted by Gasteiger charge is 2.52. The molecule has 1 saturated carbocycles. The molecule has 0 radical (unpaired) electrons. The maximum absolute atomic E-state index is 12.5. The van der Waals surface area contributed by atoms with Gasteiger partial charge in [0.05, 0.1) is 6.54 Å². The molecule has 0 spiro atoms. The smallest absolute Gasteiger partial charge is 0.248 e. The van der Waals surface area contributed by atoms with Crippen LogP contribution in [0.15, 0.2) is 10.9 Å². The van der Waals surface area contributed by atoms with Crippen LogP contribution in [-0.4, -0.2) is 45.5 Å². The summed E-state index contributed by atoms with van der Waals surface area (Å²) in [6.45, 7) is 2.36. The quantitative estimate of drug-likeness (QED) is 0.809. The predicted molar refractivity (Wildman–Crippen MR) is 63.9 cm³/mol. The van der Waals surface area contributed by atoms with E-state index in [0.717, 1.165) is 12.8 Å². The van der Waals surface area contributed by atoms with Crippen molar-refractivity contribution in [2.75, 3.05) is 13.1 Å². The standard InChI is InChI=1S/C12H16N4O3/c1-12(8-2-3-8)11(18)16(6-9(17)15-12)5-4-10-13-7-14-19-10/h7-8H,2-6H2,1H3,(H,15,17). The number of rotatable bonds is 4. The van der Waals surface area contributed by atoms with Crippen LogP contribution in [-0.2, 0) is 16.0 Å². The highest BCUT2D eigenvalue weighted by atomic mass is 16.5. The average Bonchev–Trinajstić information content (AvgIpc) is 3.11. The molecule has 2 aliphatic rings. The molecule has 1 N–H and O–H groups in total. The molecular weight excluding hydrogens is 248 g/mol. The number of carbonyl (C=O) groups is 2. The SMILES string of the molecule is CC1(C2CC2)NC(=O)CN(CCc2ncno2)C1=O. The van der Waals surface area contributed by atoms with E-state index in [-0.39, 0.29) is 24.3 Å². The van der Waals surface area contributed by atoms with E-state index in [9.17, 15) is 9.59 Å². The van der Waals surface area contributed by atoms with Crippen LogP contribution in [0.2, 0.25) is 0 Å². The van der Waals surface area contributed by atoms with Crippen LogP contribution in [0.4, 0.5) is 0 Å². The van der Waals surface area contributed by atoms with Gasteiger partial charge < -0.3 is 14.7 Å². The molecule has 19 heavy (non-hydrogen) atoms. The van der Waals surface area contributed by atoms with Crippen LogP contribution in [0.25, 0.3) is 0 Å². The van der Waals surface area contributed by atoms with Gasteiger partial charge in [-0.3, -0.25) is 9.59 Å². The van der Waals surface area contributed by atoms with Gasteiger partial charge in [-0.15, -0.1) is 0 Å². The van der Waals surface area contributed by atoms with E-state index in [4.69, 9.17) is 4.52 Å². The molecule has 1 aliphatic heterocycles. The van der Waals surface area contributed by atoms with Crippen LogP contribution >= 0.6 is 0 Å². The van der Waals surface area contributed by atoms with Crippen LogP contribution < -0.4 is 5.32 Å². The molecule has 0 bridgehead atoms. The summed E-state index contributed by atoms with van der Waals surface area (Å²) >= 11 is 0. The Balaban J connectivity index is 1.69. The zero-order chi connectivity index (χ0) is 13.5. The van der Waals surface area contributed by atoms with Crippen molar-refractivity contribution >= 4 is 11.8 Å². The normalized spacial score (nSPS) is 27.5. The largest absolute Gasteiger partial charge is 0.340 e. The first-order valence-corrected chi connectivity index (χ1v) is 6.45. The van der Waals surface area contributed by atoms with Gasteiger partial charge in [-0.25, -0.2) is 0 Å². The second-order valence-corrected chi connectivity index (χ2v) is 5.34. The van der Waals surface area contributed by atoms with E-state index in [1.807, 2.05) is 6.92 Å². The van der Waals surface area contributed by atoms with E-state index in [1.54, 1.807) is 4.90 Å². The molecule has 1 aliphatic carbocycles. The lowest BCUT2D eigenvalue weighted by atomic mass is 9.91. The molecule has 7 nitrogen and oxygen atoms in total. The first-order chi connectivity index (χ1) is 9.09. The Bertz CT molecular complexity index is 497. The summed E-state index contributed by atoms with van der Waals surface area (Å²) in [6.07, 6.45) is 3.80. The Morgan fingerprint density at radius 2 is 2.32 bits per heavy atom. The van der Waals surface area contributed by atoms with Crippen LogP contribution in [0.1, 0.15) is 25.7 Å². The third kappa shape index (κ3) is 2.20. The lowest BCUT2D eigenvalue weighted by Crippen LogP contribution is -2.66. The summed E-state index contributed by atoms with van der Waals surface area (Å²) in [4.78, 5) is 29.7. The fourth-order valence-corrected chi connectivity index (χ4v) is 2.61. The van der Waals surface area contributed by atoms with Crippen molar-refractivity contribution in [2.45, 2.75) is 31.7 Å². The summed E-state index contributed by atoms with van der Waals surface area (Å²) < 4.78 is 4.90. The second-order valence-electron chi connectivity index (χ2n) is 5.34. The minimum atomic E-state index is -0.732. The highest BCUT2D eigenvalue weighted by molar-refractivity contribution is 5.98. The van der Waals surface area contributed by atoms with E-state index in [0.29, 0.717) is 18.9 Å². The van der Waals surface area contributed by atoms with Crippen molar-refractivity contribution in [1.29, 1.82) is 0 Å². The number of aromatic nitrogens is 2. The molecular formula is C12H16N4O3. The van der Waals surface area contributed by atoms with Crippen molar-refractivity contribution in [2.24, 2.45) is 5.92 Å². The number of nitrogens with zero attached hydrogens (tertiary/aromatic N) is 3. The molecule has 2 fully saturated rings. The van der Waals surface area contributed by atoms with Crippen molar-refractivity contribution in [3.63, 3.8) is 0 Å². The van der Waals surface area contributed by atoms with Gasteiger partial charge in [-0.05, 0) is 25.7 Å². The van der Waals surface area contributed by atoms with Crippen LogP contribution in [0.3, 0.4) is 0 Å². The molecule has 2 amide bonds. The molecule has 1 aromatic rings. The first kappa shape index (κ1) is 12.1. The third-order valence-electron chi connectivity index (χ3n) is 3.86. The fraction of sp³-hybridized carbons (Fsp3) is 0.667. The Labute approximate surface area is 110 Å². The fourth-order valence-electron chi connectivity index (χ4n) is 2.61. The average molecular weight is 264 g/mol. The van der Waals surface area contributed by atoms with Crippen molar-refractivity contribution in [3.8, 4) is 0 Å². The zero-order valence-electron chi connectivity index (χ0n) is 10.8. The summed E-state index contributed by atoms with van der Waals surface area (Å²) in [7, 11) is 0. The van der Waals surface area contributed by atoms with E-state index in [1.165, 1.54) is 6.33 Å². The van der Waals surface area contributed by atoms with E-state index < -0.39 is 5.54 Å². The molecule has 1 saturated heterocycles. The molecule has 1 aromatic heterocycles. The van der Waals surface area contributed by atoms with Gasteiger partial charge >= 0.3 is 0 Å². The van der Waals surface area contributed by atoms with E-state index >= 15 is 0 Å². The monoisotopic (exact) mass is 264 g/mol. The Hall–Kier alpha value is -1.92. The lowest BCUT2D eigenvalue weighted by Gasteiger charge is -2.40. The number of hydrogen-bond acceptors (Lipinski definition) is 5. The number of hydrogen-bond donors (Lipinski definition) is 1. The summed E-state index contributed by atoms with van der Waals surface area (Å²) in [6, 6.07) is 0. The zero-order valence-corrected chi connectivity index (χ0v) is 10.8. The number of carbonyl (C=O) groups excluding carboxylic acids is 2. The van der Waals surface area contributed by atoms with Gasteiger partial charge in [0.15, 0.2) is 6.33 Å². The lowest BCUT2D eigenvalue weighted by molar-refractivity contribution is -0.150. The molecule has 0 aromatic carbocycles. The van der Waals surface area contributed by atoms with Gasteiger partial charge in [0.2, 0.25) is 17.7 Å². The predicted octanol–water partition coefficient (Wildman–Crippen LogP) is -0.261. The summed E-state index contributed by atoms with van der Waals surface area (Å²) in [5.74, 6) is 0.649. The molecule has 7 heteroatoms. The maximum atomic E-state index is 12.5. The molecule has 1 unspecified atom stereocenters. The third-order valence-corrected chi connectivity index (χ3v) is 3.86. The number of nitrogens with one attached hydrogen (secondary N) is 1.